The zero-order valence-corrected chi connectivity index (χ0v) is 20.6. The molecule has 9 heteroatoms. The van der Waals surface area contributed by atoms with Gasteiger partial charge in [0.1, 0.15) is 0 Å². The zero-order valence-electron chi connectivity index (χ0n) is 19.1. The predicted molar refractivity (Wildman–Crippen MR) is 132 cm³/mol. The number of nitrogens with zero attached hydrogens (tertiary/aromatic N) is 1. The number of ketones is 1. The minimum Gasteiger partial charge on any atom is -0.466 e. The van der Waals surface area contributed by atoms with Crippen LogP contribution in [-0.4, -0.2) is 29.3 Å². The molecule has 0 fully saturated rings. The number of allylic oxidation sites excluding steroid dienone is 2. The Morgan fingerprint density at radius 1 is 1.09 bits per heavy atom. The van der Waals surface area contributed by atoms with Crippen LogP contribution in [0.15, 0.2) is 47.9 Å². The molecule has 1 aromatic carbocycles. The van der Waals surface area contributed by atoms with Crippen LogP contribution < -0.4 is 10.6 Å². The summed E-state index contributed by atoms with van der Waals surface area (Å²) in [5.41, 5.74) is 3.21. The van der Waals surface area contributed by atoms with Crippen molar-refractivity contribution in [2.75, 3.05) is 11.9 Å². The summed E-state index contributed by atoms with van der Waals surface area (Å²) >= 11 is 12.1. The second kappa shape index (κ2) is 12.0. The van der Waals surface area contributed by atoms with Crippen molar-refractivity contribution in [3.05, 3.63) is 69.1 Å². The molecule has 0 saturated heterocycles. The van der Waals surface area contributed by atoms with Gasteiger partial charge < -0.3 is 15.4 Å². The van der Waals surface area contributed by atoms with Crippen molar-refractivity contribution >= 4 is 46.5 Å². The summed E-state index contributed by atoms with van der Waals surface area (Å²) in [7, 11) is 0. The molecule has 0 radical (unpaired) electrons. The number of anilines is 1. The highest BCUT2D eigenvalue weighted by atomic mass is 35.5. The van der Waals surface area contributed by atoms with E-state index >= 15 is 0 Å². The molecule has 34 heavy (non-hydrogen) atoms. The number of rotatable bonds is 10. The van der Waals surface area contributed by atoms with Crippen LogP contribution in [0.25, 0.3) is 0 Å². The van der Waals surface area contributed by atoms with Crippen molar-refractivity contribution in [2.45, 2.75) is 52.0 Å². The molecule has 1 unspecified atom stereocenters. The van der Waals surface area contributed by atoms with Crippen molar-refractivity contribution in [3.8, 4) is 0 Å². The number of benzene rings is 1. The van der Waals surface area contributed by atoms with Crippen molar-refractivity contribution in [3.63, 3.8) is 0 Å². The second-order valence-corrected chi connectivity index (χ2v) is 8.71. The second-order valence-electron chi connectivity index (χ2n) is 7.89. The summed E-state index contributed by atoms with van der Waals surface area (Å²) in [4.78, 5) is 41.0. The molecule has 3 rings (SSSR count). The Labute approximate surface area is 208 Å². The Morgan fingerprint density at radius 3 is 2.38 bits per heavy atom. The smallest absolute Gasteiger partial charge is 0.308 e. The molecule has 0 saturated carbocycles. The lowest BCUT2D eigenvalue weighted by Crippen LogP contribution is -2.25. The third-order valence-corrected chi connectivity index (χ3v) is 6.05. The number of hydrogen-bond acceptors (Lipinski definition) is 6. The van der Waals surface area contributed by atoms with Gasteiger partial charge in [0.25, 0.3) is 5.91 Å². The number of carbonyl (C=O) groups excluding carboxylic acids is 3. The summed E-state index contributed by atoms with van der Waals surface area (Å²) in [5.74, 6) is -0.628. The van der Waals surface area contributed by atoms with E-state index in [1.54, 1.807) is 19.1 Å². The number of carbonyl (C=O) groups is 3. The Bertz CT molecular complexity index is 1080. The number of esters is 1. The maximum Gasteiger partial charge on any atom is 0.308 e. The molecule has 2 N–H and O–H groups in total. The average molecular weight is 504 g/mol. The van der Waals surface area contributed by atoms with Gasteiger partial charge in [-0.15, -0.1) is 0 Å². The number of halogens is 2. The third kappa shape index (κ3) is 6.36. The first kappa shape index (κ1) is 25.7. The fraction of sp³-hybridized carbons (Fsp3) is 0.360. The minimum absolute atomic E-state index is 0.110. The topological polar surface area (TPSA) is 97.4 Å². The molecule has 2 aromatic rings. The maximum atomic E-state index is 12.6. The van der Waals surface area contributed by atoms with Crippen LogP contribution in [0.1, 0.15) is 67.9 Å². The third-order valence-electron chi connectivity index (χ3n) is 5.48. The van der Waals surface area contributed by atoms with Crippen LogP contribution >= 0.6 is 23.2 Å². The van der Waals surface area contributed by atoms with Gasteiger partial charge in [-0.25, -0.2) is 0 Å². The maximum absolute atomic E-state index is 12.6. The summed E-state index contributed by atoms with van der Waals surface area (Å²) in [6.45, 7) is 4.08. The first-order valence-corrected chi connectivity index (χ1v) is 12.0. The Morgan fingerprint density at radius 2 is 1.76 bits per heavy atom. The fourth-order valence-corrected chi connectivity index (χ4v) is 4.41. The monoisotopic (exact) mass is 503 g/mol. The fourth-order valence-electron chi connectivity index (χ4n) is 3.88. The van der Waals surface area contributed by atoms with Crippen LogP contribution in [0.3, 0.4) is 0 Å². The van der Waals surface area contributed by atoms with E-state index in [4.69, 9.17) is 27.9 Å². The lowest BCUT2D eigenvalue weighted by Gasteiger charge is -2.22. The quantitative estimate of drug-likeness (QED) is 0.407. The number of pyridine rings is 1. The summed E-state index contributed by atoms with van der Waals surface area (Å²) < 4.78 is 5.15. The molecule has 0 aliphatic heterocycles. The van der Waals surface area contributed by atoms with E-state index < -0.39 is 5.91 Å². The number of Topliss-reactive ketones (excluding diaryl/α,β-unsaturated/α-hetero) is 1. The standard InChI is InChI=1S/C25H27Cl2N3O4/c1-3-5-17-20(10-11-22(17)31)30-21(12-23(32)34-4-2)15-6-8-16(9-7-15)29-25(33)24-18(26)13-28-14-19(24)27/h6-9,13-14,21,30H,3-5,10-12H2,1-2H3,(H,29,33). The van der Waals surface area contributed by atoms with E-state index in [0.29, 0.717) is 31.6 Å². The SMILES string of the molecule is CCCC1=C(NC(CC(=O)OCC)c2ccc(NC(=O)c3c(Cl)cncc3Cl)cc2)CCC1=O. The average Bonchev–Trinajstić information content (AvgIpc) is 3.13. The van der Waals surface area contributed by atoms with E-state index in [-0.39, 0.29) is 39.8 Å². The van der Waals surface area contributed by atoms with Gasteiger partial charge in [-0.05, 0) is 37.5 Å². The molecular weight excluding hydrogens is 477 g/mol. The van der Waals surface area contributed by atoms with Crippen LogP contribution in [0.5, 0.6) is 0 Å². The van der Waals surface area contributed by atoms with Crippen LogP contribution in [0.2, 0.25) is 10.0 Å². The summed E-state index contributed by atoms with van der Waals surface area (Å²) in [5, 5.41) is 6.50. The number of hydrogen-bond donors (Lipinski definition) is 2. The van der Waals surface area contributed by atoms with Crippen molar-refractivity contribution < 1.29 is 19.1 Å². The van der Waals surface area contributed by atoms with E-state index in [0.717, 1.165) is 23.3 Å². The zero-order chi connectivity index (χ0) is 24.7. The van der Waals surface area contributed by atoms with Crippen molar-refractivity contribution in [2.24, 2.45) is 0 Å². The first-order chi connectivity index (χ1) is 16.3. The summed E-state index contributed by atoms with van der Waals surface area (Å²) in [6, 6.07) is 6.73. The van der Waals surface area contributed by atoms with E-state index in [1.807, 2.05) is 19.1 Å². The van der Waals surface area contributed by atoms with Gasteiger partial charge in [0, 0.05) is 35.8 Å². The van der Waals surface area contributed by atoms with E-state index in [2.05, 4.69) is 15.6 Å². The van der Waals surface area contributed by atoms with Gasteiger partial charge in [-0.1, -0.05) is 48.7 Å². The van der Waals surface area contributed by atoms with Gasteiger partial charge in [-0.3, -0.25) is 19.4 Å². The van der Waals surface area contributed by atoms with Gasteiger partial charge in [-0.2, -0.15) is 0 Å². The molecule has 1 aliphatic carbocycles. The molecule has 0 bridgehead atoms. The molecule has 0 spiro atoms. The molecule has 1 aromatic heterocycles. The number of ether oxygens (including phenoxy) is 1. The predicted octanol–water partition coefficient (Wildman–Crippen LogP) is 5.64. The highest BCUT2D eigenvalue weighted by Gasteiger charge is 2.26. The van der Waals surface area contributed by atoms with Gasteiger partial charge in [0.2, 0.25) is 0 Å². The lowest BCUT2D eigenvalue weighted by molar-refractivity contribution is -0.143. The number of nitrogens with one attached hydrogen (secondary N) is 2. The molecule has 1 heterocycles. The molecule has 1 amide bonds. The number of aromatic nitrogens is 1. The van der Waals surface area contributed by atoms with E-state index in [1.165, 1.54) is 12.4 Å². The highest BCUT2D eigenvalue weighted by molar-refractivity contribution is 6.40. The Balaban J connectivity index is 1.80. The minimum atomic E-state index is -0.454. The normalized spacial score (nSPS) is 14.2. The lowest BCUT2D eigenvalue weighted by atomic mass is 10.0. The molecule has 180 valence electrons. The first-order valence-electron chi connectivity index (χ1n) is 11.2. The Kier molecular flexibility index (Phi) is 9.07. The molecule has 7 nitrogen and oxygen atoms in total. The van der Waals surface area contributed by atoms with Crippen LogP contribution in [0.4, 0.5) is 5.69 Å². The van der Waals surface area contributed by atoms with Gasteiger partial charge in [0.15, 0.2) is 5.78 Å². The molecule has 1 aliphatic rings. The summed E-state index contributed by atoms with van der Waals surface area (Å²) in [6.07, 6.45) is 5.51. The van der Waals surface area contributed by atoms with Crippen LogP contribution in [-0.2, 0) is 14.3 Å². The molecular formula is C25H27Cl2N3O4. The largest absolute Gasteiger partial charge is 0.466 e. The van der Waals surface area contributed by atoms with Crippen molar-refractivity contribution in [1.29, 1.82) is 0 Å². The van der Waals surface area contributed by atoms with E-state index in [9.17, 15) is 14.4 Å². The highest BCUT2D eigenvalue weighted by Crippen LogP contribution is 2.30. The molecule has 1 atom stereocenters. The number of amides is 1. The van der Waals surface area contributed by atoms with Gasteiger partial charge in [0.05, 0.1) is 34.7 Å². The Hall–Kier alpha value is -2.90. The van der Waals surface area contributed by atoms with Crippen LogP contribution in [0, 0.1) is 0 Å². The van der Waals surface area contributed by atoms with Gasteiger partial charge >= 0.3 is 5.97 Å². The van der Waals surface area contributed by atoms with Crippen molar-refractivity contribution in [1.82, 2.24) is 10.3 Å².